The van der Waals surface area contributed by atoms with Crippen LogP contribution in [0.5, 0.6) is 0 Å². The number of rotatable bonds is 7. The van der Waals surface area contributed by atoms with Gasteiger partial charge in [-0.2, -0.15) is 0 Å². The minimum atomic E-state index is -0.353. The van der Waals surface area contributed by atoms with Crippen LogP contribution in [0, 0.1) is 0 Å². The van der Waals surface area contributed by atoms with Crippen LogP contribution in [0.15, 0.2) is 35.7 Å². The van der Waals surface area contributed by atoms with Gasteiger partial charge in [-0.15, -0.1) is 11.3 Å². The van der Waals surface area contributed by atoms with Crippen molar-refractivity contribution >= 4 is 34.5 Å². The average molecular weight is 446 g/mol. The van der Waals surface area contributed by atoms with Crippen LogP contribution in [0.1, 0.15) is 18.2 Å². The molecule has 2 heterocycles. The van der Waals surface area contributed by atoms with Crippen molar-refractivity contribution in [2.75, 3.05) is 44.6 Å². The number of ether oxygens (including phenoxy) is 1. The van der Waals surface area contributed by atoms with E-state index in [1.54, 1.807) is 22.1 Å². The Morgan fingerprint density at radius 1 is 1.10 bits per heavy atom. The second-order valence-electron chi connectivity index (χ2n) is 7.01. The number of piperazine rings is 1. The maximum atomic E-state index is 12.4. The fraction of sp³-hybridized carbons (Fsp3) is 0.429. The Morgan fingerprint density at radius 3 is 2.52 bits per heavy atom. The van der Waals surface area contributed by atoms with E-state index in [1.807, 2.05) is 30.3 Å². The molecule has 1 fully saturated rings. The van der Waals surface area contributed by atoms with Crippen molar-refractivity contribution in [2.24, 2.45) is 0 Å². The summed E-state index contributed by atoms with van der Waals surface area (Å²) < 4.78 is 4.98. The molecule has 0 saturated carbocycles. The van der Waals surface area contributed by atoms with Crippen LogP contribution in [0.2, 0.25) is 0 Å². The van der Waals surface area contributed by atoms with Gasteiger partial charge in [0.15, 0.2) is 5.13 Å². The number of benzene rings is 1. The van der Waals surface area contributed by atoms with E-state index in [0.29, 0.717) is 50.2 Å². The number of amides is 4. The van der Waals surface area contributed by atoms with Crippen LogP contribution in [-0.4, -0.2) is 72.1 Å². The Bertz CT molecular complexity index is 881. The maximum Gasteiger partial charge on any atom is 0.409 e. The molecule has 2 aromatic rings. The smallest absolute Gasteiger partial charge is 0.409 e. The monoisotopic (exact) mass is 445 g/mol. The number of carbonyl (C=O) groups is 3. The first-order chi connectivity index (χ1) is 15.0. The van der Waals surface area contributed by atoms with Crippen molar-refractivity contribution < 1.29 is 19.1 Å². The highest BCUT2D eigenvalue weighted by atomic mass is 32.1. The van der Waals surface area contributed by atoms with Gasteiger partial charge in [0.05, 0.1) is 18.7 Å². The molecule has 0 radical (unpaired) electrons. The largest absolute Gasteiger partial charge is 0.450 e. The quantitative estimate of drug-likeness (QED) is 0.681. The highest BCUT2D eigenvalue weighted by Crippen LogP contribution is 2.17. The van der Waals surface area contributed by atoms with Gasteiger partial charge in [0.2, 0.25) is 5.91 Å². The number of aromatic nitrogens is 1. The van der Waals surface area contributed by atoms with E-state index >= 15 is 0 Å². The number of hydrogen-bond acceptors (Lipinski definition) is 6. The van der Waals surface area contributed by atoms with Crippen LogP contribution < -0.4 is 10.6 Å². The van der Waals surface area contributed by atoms with Gasteiger partial charge < -0.3 is 19.9 Å². The minimum Gasteiger partial charge on any atom is -0.450 e. The van der Waals surface area contributed by atoms with Gasteiger partial charge in [-0.25, -0.2) is 14.6 Å². The summed E-state index contributed by atoms with van der Waals surface area (Å²) >= 11 is 1.28. The topological polar surface area (TPSA) is 104 Å². The van der Waals surface area contributed by atoms with Crippen molar-refractivity contribution in [1.82, 2.24) is 20.1 Å². The summed E-state index contributed by atoms with van der Waals surface area (Å²) in [5.74, 6) is -0.103. The van der Waals surface area contributed by atoms with Crippen LogP contribution in [0.3, 0.4) is 0 Å². The first-order valence-electron chi connectivity index (χ1n) is 10.3. The van der Waals surface area contributed by atoms with E-state index in [0.717, 1.165) is 6.42 Å². The Balaban J connectivity index is 1.39. The second kappa shape index (κ2) is 11.3. The van der Waals surface area contributed by atoms with E-state index in [4.69, 9.17) is 4.74 Å². The van der Waals surface area contributed by atoms with E-state index in [-0.39, 0.29) is 24.5 Å². The number of nitrogens with zero attached hydrogens (tertiary/aromatic N) is 3. The Morgan fingerprint density at radius 2 is 1.81 bits per heavy atom. The zero-order valence-electron chi connectivity index (χ0n) is 17.5. The fourth-order valence-corrected chi connectivity index (χ4v) is 3.84. The van der Waals surface area contributed by atoms with Gasteiger partial charge in [0, 0.05) is 38.1 Å². The molecule has 0 spiro atoms. The van der Waals surface area contributed by atoms with Crippen molar-refractivity contribution in [3.05, 3.63) is 47.0 Å². The zero-order chi connectivity index (χ0) is 22.1. The molecule has 1 aromatic carbocycles. The number of anilines is 1. The van der Waals surface area contributed by atoms with Crippen LogP contribution in [0.4, 0.5) is 14.7 Å². The molecule has 0 unspecified atom stereocenters. The number of urea groups is 1. The summed E-state index contributed by atoms with van der Waals surface area (Å²) in [5, 5.41) is 7.88. The van der Waals surface area contributed by atoms with Gasteiger partial charge in [-0.05, 0) is 18.9 Å². The number of hydrogen-bond donors (Lipinski definition) is 2. The summed E-state index contributed by atoms with van der Waals surface area (Å²) in [7, 11) is 0. The predicted octanol–water partition coefficient (Wildman–Crippen LogP) is 2.35. The maximum absolute atomic E-state index is 12.4. The third-order valence-corrected chi connectivity index (χ3v) is 5.59. The molecule has 1 saturated heterocycles. The molecule has 3 rings (SSSR count). The molecule has 1 aliphatic rings. The van der Waals surface area contributed by atoms with E-state index < -0.39 is 0 Å². The van der Waals surface area contributed by atoms with E-state index in [1.165, 1.54) is 16.9 Å². The van der Waals surface area contributed by atoms with E-state index in [2.05, 4.69) is 15.6 Å². The average Bonchev–Trinajstić information content (AvgIpc) is 3.21. The summed E-state index contributed by atoms with van der Waals surface area (Å²) in [6.45, 7) is 4.36. The molecular weight excluding hydrogens is 418 g/mol. The zero-order valence-corrected chi connectivity index (χ0v) is 18.3. The molecule has 0 bridgehead atoms. The van der Waals surface area contributed by atoms with Crippen LogP contribution in [-0.2, 0) is 22.4 Å². The summed E-state index contributed by atoms with van der Waals surface area (Å²) in [6, 6.07) is 9.70. The molecule has 31 heavy (non-hydrogen) atoms. The first kappa shape index (κ1) is 22.5. The van der Waals surface area contributed by atoms with Gasteiger partial charge in [0.1, 0.15) is 0 Å². The van der Waals surface area contributed by atoms with Gasteiger partial charge in [0.25, 0.3) is 0 Å². The molecule has 4 amide bonds. The lowest BCUT2D eigenvalue weighted by Crippen LogP contribution is -2.51. The minimum absolute atomic E-state index is 0.103. The number of thiazole rings is 1. The molecule has 166 valence electrons. The van der Waals surface area contributed by atoms with Crippen LogP contribution >= 0.6 is 11.3 Å². The Hall–Kier alpha value is -3.14. The molecular formula is C21H27N5O4S. The predicted molar refractivity (Wildman–Crippen MR) is 118 cm³/mol. The van der Waals surface area contributed by atoms with Gasteiger partial charge in [-0.3, -0.25) is 10.1 Å². The summed E-state index contributed by atoms with van der Waals surface area (Å²) in [4.78, 5) is 43.9. The SMILES string of the molecule is CCOC(=O)N1CCN(C(=O)Nc2nc(CC(=O)NCCc3ccccc3)cs2)CC1. The van der Waals surface area contributed by atoms with Gasteiger partial charge in [-0.1, -0.05) is 30.3 Å². The highest BCUT2D eigenvalue weighted by molar-refractivity contribution is 7.13. The standard InChI is InChI=1S/C21H27N5O4S/c1-2-30-21(29)26-12-10-25(11-13-26)20(28)24-19-23-17(15-31-19)14-18(27)22-9-8-16-6-4-3-5-7-16/h3-7,15H,2,8-14H2,1H3,(H,22,27)(H,23,24,28). The lowest BCUT2D eigenvalue weighted by Gasteiger charge is -2.33. The Labute approximate surface area is 185 Å². The summed E-state index contributed by atoms with van der Waals surface area (Å²) in [6.07, 6.45) is 0.586. The molecule has 1 aromatic heterocycles. The second-order valence-corrected chi connectivity index (χ2v) is 7.87. The molecule has 2 N–H and O–H groups in total. The highest BCUT2D eigenvalue weighted by Gasteiger charge is 2.25. The Kier molecular flexibility index (Phi) is 8.22. The molecule has 9 nitrogen and oxygen atoms in total. The van der Waals surface area contributed by atoms with Crippen molar-refractivity contribution in [3.8, 4) is 0 Å². The normalized spacial score (nSPS) is 13.6. The van der Waals surface area contributed by atoms with E-state index in [9.17, 15) is 14.4 Å². The third kappa shape index (κ3) is 6.95. The molecule has 0 aliphatic carbocycles. The number of carbonyl (C=O) groups excluding carboxylic acids is 3. The van der Waals surface area contributed by atoms with Gasteiger partial charge >= 0.3 is 12.1 Å². The first-order valence-corrected chi connectivity index (χ1v) is 11.2. The molecule has 10 heteroatoms. The molecule has 0 atom stereocenters. The third-order valence-electron chi connectivity index (χ3n) is 4.78. The van der Waals surface area contributed by atoms with Crippen molar-refractivity contribution in [2.45, 2.75) is 19.8 Å². The lowest BCUT2D eigenvalue weighted by molar-refractivity contribution is -0.120. The number of nitrogens with one attached hydrogen (secondary N) is 2. The summed E-state index contributed by atoms with van der Waals surface area (Å²) in [5.41, 5.74) is 1.79. The van der Waals surface area contributed by atoms with Crippen LogP contribution in [0.25, 0.3) is 0 Å². The fourth-order valence-electron chi connectivity index (χ4n) is 3.14. The van der Waals surface area contributed by atoms with Crippen molar-refractivity contribution in [1.29, 1.82) is 0 Å². The molecule has 1 aliphatic heterocycles. The van der Waals surface area contributed by atoms with Crippen molar-refractivity contribution in [3.63, 3.8) is 0 Å². The lowest BCUT2D eigenvalue weighted by atomic mass is 10.1.